The van der Waals surface area contributed by atoms with Crippen molar-refractivity contribution in [1.29, 1.82) is 0 Å². The van der Waals surface area contributed by atoms with Gasteiger partial charge in [0.1, 0.15) is 5.82 Å². The molecule has 0 aromatic heterocycles. The van der Waals surface area contributed by atoms with Crippen LogP contribution >= 0.6 is 0 Å². The highest BCUT2D eigenvalue weighted by atomic mass is 19.1. The molecule has 0 radical (unpaired) electrons. The van der Waals surface area contributed by atoms with Crippen LogP contribution in [-0.4, -0.2) is 4.92 Å². The van der Waals surface area contributed by atoms with Gasteiger partial charge < -0.3 is 5.32 Å². The Kier molecular flexibility index (Phi) is 5.00. The second-order valence-corrected chi connectivity index (χ2v) is 4.78. The van der Waals surface area contributed by atoms with Crippen molar-refractivity contribution in [3.63, 3.8) is 0 Å². The summed E-state index contributed by atoms with van der Waals surface area (Å²) in [5.74, 6) is -0.279. The summed E-state index contributed by atoms with van der Waals surface area (Å²) in [6.45, 7) is 2.36. The van der Waals surface area contributed by atoms with E-state index < -0.39 is 0 Å². The van der Waals surface area contributed by atoms with Crippen LogP contribution in [0.25, 0.3) is 0 Å². The summed E-state index contributed by atoms with van der Waals surface area (Å²) in [5.41, 5.74) is 1.56. The summed E-state index contributed by atoms with van der Waals surface area (Å²) in [4.78, 5) is 10.6. The van der Waals surface area contributed by atoms with E-state index in [4.69, 9.17) is 0 Å². The van der Waals surface area contributed by atoms with Crippen LogP contribution in [0.4, 0.5) is 10.1 Å². The lowest BCUT2D eigenvalue weighted by molar-refractivity contribution is -0.385. The second-order valence-electron chi connectivity index (χ2n) is 4.78. The largest absolute Gasteiger partial charge is 0.306 e. The van der Waals surface area contributed by atoms with Gasteiger partial charge in [0.05, 0.1) is 4.92 Å². The minimum absolute atomic E-state index is 0.0412. The molecule has 0 fully saturated rings. The van der Waals surface area contributed by atoms with Gasteiger partial charge >= 0.3 is 0 Å². The predicted molar refractivity (Wildman–Crippen MR) is 79.4 cm³/mol. The molecule has 5 heteroatoms. The molecule has 4 nitrogen and oxygen atoms in total. The summed E-state index contributed by atoms with van der Waals surface area (Å²) >= 11 is 0. The van der Waals surface area contributed by atoms with Gasteiger partial charge in [-0.2, -0.15) is 0 Å². The Morgan fingerprint density at radius 3 is 2.67 bits per heavy atom. The highest BCUT2D eigenvalue weighted by Gasteiger charge is 2.15. The zero-order valence-corrected chi connectivity index (χ0v) is 11.8. The first kappa shape index (κ1) is 15.1. The van der Waals surface area contributed by atoms with E-state index in [1.165, 1.54) is 18.2 Å². The molecular weight excluding hydrogens is 271 g/mol. The Hall–Kier alpha value is -2.27. The van der Waals surface area contributed by atoms with Crippen molar-refractivity contribution >= 4 is 5.69 Å². The smallest absolute Gasteiger partial charge is 0.273 e. The van der Waals surface area contributed by atoms with E-state index in [0.29, 0.717) is 12.1 Å². The van der Waals surface area contributed by atoms with Crippen molar-refractivity contribution in [2.24, 2.45) is 0 Å². The van der Waals surface area contributed by atoms with Gasteiger partial charge in [-0.15, -0.1) is 0 Å². The average Bonchev–Trinajstić information content (AvgIpc) is 2.48. The fraction of sp³-hybridized carbons (Fsp3) is 0.250. The number of nitro groups is 1. The van der Waals surface area contributed by atoms with Crippen molar-refractivity contribution in [2.45, 2.75) is 25.9 Å². The van der Waals surface area contributed by atoms with Gasteiger partial charge in [0, 0.05) is 24.2 Å². The van der Waals surface area contributed by atoms with Crippen molar-refractivity contribution < 1.29 is 9.31 Å². The fourth-order valence-corrected chi connectivity index (χ4v) is 2.29. The molecule has 2 aromatic rings. The molecule has 1 N–H and O–H groups in total. The van der Waals surface area contributed by atoms with Gasteiger partial charge in [0.15, 0.2) is 0 Å². The molecule has 0 amide bonds. The Morgan fingerprint density at radius 2 is 2.00 bits per heavy atom. The van der Waals surface area contributed by atoms with E-state index in [2.05, 4.69) is 5.32 Å². The van der Waals surface area contributed by atoms with Crippen LogP contribution in [0, 0.1) is 15.9 Å². The molecule has 110 valence electrons. The Bertz CT molecular complexity index is 631. The maximum atomic E-state index is 13.3. The molecule has 0 bridgehead atoms. The van der Waals surface area contributed by atoms with Crippen molar-refractivity contribution in [3.8, 4) is 0 Å². The number of nitrogens with zero attached hydrogens (tertiary/aromatic N) is 1. The molecule has 0 aliphatic heterocycles. The molecule has 2 rings (SSSR count). The van der Waals surface area contributed by atoms with Crippen molar-refractivity contribution in [3.05, 3.63) is 75.6 Å². The quantitative estimate of drug-likeness (QED) is 0.646. The number of para-hydroxylation sites is 1. The zero-order chi connectivity index (χ0) is 15.2. The molecule has 1 unspecified atom stereocenters. The summed E-state index contributed by atoms with van der Waals surface area (Å²) in [6.07, 6.45) is 0.768. The standard InChI is InChI=1S/C16H17FN2O2/c1-2-15(12-7-5-8-14(17)10-12)18-11-13-6-3-4-9-16(13)19(20)21/h3-10,15,18H,2,11H2,1H3. The maximum absolute atomic E-state index is 13.3. The zero-order valence-electron chi connectivity index (χ0n) is 11.8. The van der Waals surface area contributed by atoms with Crippen LogP contribution in [0.2, 0.25) is 0 Å². The van der Waals surface area contributed by atoms with Crippen molar-refractivity contribution in [2.75, 3.05) is 0 Å². The monoisotopic (exact) mass is 288 g/mol. The molecule has 0 saturated carbocycles. The first-order chi connectivity index (χ1) is 10.1. The number of benzene rings is 2. The lowest BCUT2D eigenvalue weighted by atomic mass is 10.0. The Balaban J connectivity index is 2.12. The lowest BCUT2D eigenvalue weighted by Crippen LogP contribution is -2.20. The third kappa shape index (κ3) is 3.86. The first-order valence-electron chi connectivity index (χ1n) is 6.83. The summed E-state index contributed by atoms with van der Waals surface area (Å²) < 4.78 is 13.3. The normalized spacial score (nSPS) is 12.1. The average molecular weight is 288 g/mol. The SMILES string of the molecule is CCC(NCc1ccccc1[N+](=O)[O-])c1cccc(F)c1. The maximum Gasteiger partial charge on any atom is 0.273 e. The van der Waals surface area contributed by atoms with Gasteiger partial charge in [-0.1, -0.05) is 37.3 Å². The first-order valence-corrected chi connectivity index (χ1v) is 6.83. The molecule has 2 aromatic carbocycles. The molecule has 0 saturated heterocycles. The van der Waals surface area contributed by atoms with Crippen LogP contribution < -0.4 is 5.32 Å². The van der Waals surface area contributed by atoms with E-state index >= 15 is 0 Å². The number of hydrogen-bond acceptors (Lipinski definition) is 3. The predicted octanol–water partition coefficient (Wildman–Crippen LogP) is 3.97. The van der Waals surface area contributed by atoms with Gasteiger partial charge in [-0.3, -0.25) is 10.1 Å². The topological polar surface area (TPSA) is 55.2 Å². The summed E-state index contributed by atoms with van der Waals surface area (Å²) in [5, 5.41) is 14.2. The summed E-state index contributed by atoms with van der Waals surface area (Å²) in [6, 6.07) is 13.0. The number of halogens is 1. The minimum Gasteiger partial charge on any atom is -0.306 e. The highest BCUT2D eigenvalue weighted by Crippen LogP contribution is 2.21. The van der Waals surface area contributed by atoms with E-state index in [1.54, 1.807) is 24.3 Å². The summed E-state index contributed by atoms with van der Waals surface area (Å²) in [7, 11) is 0. The van der Waals surface area contributed by atoms with E-state index in [9.17, 15) is 14.5 Å². The molecule has 0 spiro atoms. The molecule has 0 heterocycles. The Morgan fingerprint density at radius 1 is 1.24 bits per heavy atom. The van der Waals surface area contributed by atoms with Gasteiger partial charge in [-0.05, 0) is 24.1 Å². The van der Waals surface area contributed by atoms with Crippen LogP contribution in [0.15, 0.2) is 48.5 Å². The number of rotatable bonds is 6. The fourth-order valence-electron chi connectivity index (χ4n) is 2.29. The molecule has 21 heavy (non-hydrogen) atoms. The van der Waals surface area contributed by atoms with E-state index in [1.807, 2.05) is 13.0 Å². The van der Waals surface area contributed by atoms with Crippen LogP contribution in [-0.2, 0) is 6.54 Å². The van der Waals surface area contributed by atoms with Crippen LogP contribution in [0.3, 0.4) is 0 Å². The third-order valence-electron chi connectivity index (χ3n) is 3.39. The second kappa shape index (κ2) is 6.95. The minimum atomic E-state index is -0.389. The third-order valence-corrected chi connectivity index (χ3v) is 3.39. The molecule has 1 atom stereocenters. The molecular formula is C16H17FN2O2. The Labute approximate surface area is 122 Å². The van der Waals surface area contributed by atoms with Crippen molar-refractivity contribution in [1.82, 2.24) is 5.32 Å². The number of nitro benzene ring substituents is 1. The number of nitrogens with one attached hydrogen (secondary N) is 1. The molecule has 0 aliphatic carbocycles. The van der Waals surface area contributed by atoms with Crippen LogP contribution in [0.5, 0.6) is 0 Å². The van der Waals surface area contributed by atoms with Gasteiger partial charge in [0.2, 0.25) is 0 Å². The molecule has 0 aliphatic rings. The van der Waals surface area contributed by atoms with E-state index in [0.717, 1.165) is 12.0 Å². The van der Waals surface area contributed by atoms with Crippen LogP contribution in [0.1, 0.15) is 30.5 Å². The highest BCUT2D eigenvalue weighted by molar-refractivity contribution is 5.39. The lowest BCUT2D eigenvalue weighted by Gasteiger charge is -2.17. The number of hydrogen-bond donors (Lipinski definition) is 1. The van der Waals surface area contributed by atoms with Gasteiger partial charge in [-0.25, -0.2) is 4.39 Å². The van der Waals surface area contributed by atoms with Gasteiger partial charge in [0.25, 0.3) is 5.69 Å². The van der Waals surface area contributed by atoms with E-state index in [-0.39, 0.29) is 22.5 Å².